The van der Waals surface area contributed by atoms with E-state index < -0.39 is 18.0 Å². The third kappa shape index (κ3) is 4.72. The van der Waals surface area contributed by atoms with Crippen LogP contribution in [0.15, 0.2) is 71.6 Å². The number of furan rings is 1. The highest BCUT2D eigenvalue weighted by Crippen LogP contribution is 2.20. The minimum Gasteiger partial charge on any atom is -0.497 e. The summed E-state index contributed by atoms with van der Waals surface area (Å²) in [4.78, 5) is 28.8. The Morgan fingerprint density at radius 1 is 1.11 bits per heavy atom. The van der Waals surface area contributed by atoms with Gasteiger partial charge in [0, 0.05) is 24.5 Å². The smallest absolute Gasteiger partial charge is 0.375 e. The van der Waals surface area contributed by atoms with Gasteiger partial charge in [-0.25, -0.2) is 4.79 Å². The Hall–Kier alpha value is -3.61. The second-order valence-corrected chi connectivity index (χ2v) is 5.61. The molecule has 0 fully saturated rings. The highest BCUT2D eigenvalue weighted by molar-refractivity contribution is 5.90. The number of aromatic nitrogens is 1. The molecule has 1 amide bonds. The molecule has 1 aromatic carbocycles. The zero-order chi connectivity index (χ0) is 19.1. The summed E-state index contributed by atoms with van der Waals surface area (Å²) >= 11 is 0. The lowest BCUT2D eigenvalue weighted by Gasteiger charge is -2.17. The van der Waals surface area contributed by atoms with E-state index in [1.54, 1.807) is 37.4 Å². The third-order valence-electron chi connectivity index (χ3n) is 3.82. The molecule has 0 aliphatic carbocycles. The third-order valence-corrected chi connectivity index (χ3v) is 3.82. The SMILES string of the molecule is COc1ccc(CNC(=O)C(OC(=O)c2ccco2)c2ccncc2)cc1. The molecule has 0 saturated heterocycles. The fourth-order valence-electron chi connectivity index (χ4n) is 2.40. The maximum atomic E-state index is 12.7. The summed E-state index contributed by atoms with van der Waals surface area (Å²) in [6.07, 6.45) is 3.30. The van der Waals surface area contributed by atoms with Crippen LogP contribution in [0.1, 0.15) is 27.8 Å². The van der Waals surface area contributed by atoms with E-state index in [9.17, 15) is 9.59 Å². The number of pyridine rings is 1. The zero-order valence-electron chi connectivity index (χ0n) is 14.6. The second kappa shape index (κ2) is 8.66. The van der Waals surface area contributed by atoms with Crippen molar-refractivity contribution in [3.63, 3.8) is 0 Å². The number of carbonyl (C=O) groups is 2. The summed E-state index contributed by atoms with van der Waals surface area (Å²) < 4.78 is 15.5. The van der Waals surface area contributed by atoms with Crippen molar-refractivity contribution in [1.29, 1.82) is 0 Å². The van der Waals surface area contributed by atoms with Crippen molar-refractivity contribution in [2.75, 3.05) is 7.11 Å². The van der Waals surface area contributed by atoms with E-state index in [1.165, 1.54) is 24.7 Å². The zero-order valence-corrected chi connectivity index (χ0v) is 14.6. The number of ether oxygens (including phenoxy) is 2. The molecule has 27 heavy (non-hydrogen) atoms. The van der Waals surface area contributed by atoms with E-state index in [4.69, 9.17) is 13.9 Å². The van der Waals surface area contributed by atoms with Crippen molar-refractivity contribution < 1.29 is 23.5 Å². The normalized spacial score (nSPS) is 11.4. The monoisotopic (exact) mass is 366 g/mol. The minimum atomic E-state index is -1.12. The molecule has 1 N–H and O–H groups in total. The first-order valence-electron chi connectivity index (χ1n) is 8.22. The maximum Gasteiger partial charge on any atom is 0.375 e. The quantitative estimate of drug-likeness (QED) is 0.647. The van der Waals surface area contributed by atoms with Gasteiger partial charge < -0.3 is 19.2 Å². The largest absolute Gasteiger partial charge is 0.497 e. The number of hydrogen-bond acceptors (Lipinski definition) is 6. The number of carbonyl (C=O) groups excluding carboxylic acids is 2. The Kier molecular flexibility index (Phi) is 5.84. The molecule has 0 bridgehead atoms. The van der Waals surface area contributed by atoms with E-state index in [1.807, 2.05) is 12.1 Å². The van der Waals surface area contributed by atoms with Crippen molar-refractivity contribution >= 4 is 11.9 Å². The van der Waals surface area contributed by atoms with Gasteiger partial charge in [-0.2, -0.15) is 0 Å². The molecule has 7 heteroatoms. The van der Waals surface area contributed by atoms with Crippen molar-refractivity contribution in [1.82, 2.24) is 10.3 Å². The molecule has 3 rings (SSSR count). The van der Waals surface area contributed by atoms with Crippen LogP contribution in [0.5, 0.6) is 5.75 Å². The van der Waals surface area contributed by atoms with Gasteiger partial charge in [0.15, 0.2) is 0 Å². The van der Waals surface area contributed by atoms with Gasteiger partial charge in [-0.1, -0.05) is 12.1 Å². The lowest BCUT2D eigenvalue weighted by molar-refractivity contribution is -0.130. The Balaban J connectivity index is 1.71. The summed E-state index contributed by atoms with van der Waals surface area (Å²) in [7, 11) is 1.59. The lowest BCUT2D eigenvalue weighted by Crippen LogP contribution is -2.31. The van der Waals surface area contributed by atoms with Crippen molar-refractivity contribution in [2.45, 2.75) is 12.6 Å². The van der Waals surface area contributed by atoms with Crippen LogP contribution in [0.3, 0.4) is 0 Å². The topological polar surface area (TPSA) is 90.7 Å². The lowest BCUT2D eigenvalue weighted by atomic mass is 10.1. The summed E-state index contributed by atoms with van der Waals surface area (Å²) in [5.74, 6) is -0.414. The van der Waals surface area contributed by atoms with E-state index in [-0.39, 0.29) is 12.3 Å². The van der Waals surface area contributed by atoms with Gasteiger partial charge in [0.2, 0.25) is 11.9 Å². The number of benzene rings is 1. The molecule has 1 atom stereocenters. The van der Waals surface area contributed by atoms with Crippen LogP contribution < -0.4 is 10.1 Å². The number of hydrogen-bond donors (Lipinski definition) is 1. The molecule has 0 radical (unpaired) electrons. The van der Waals surface area contributed by atoms with E-state index in [2.05, 4.69) is 10.3 Å². The number of methoxy groups -OCH3 is 1. The molecule has 1 unspecified atom stereocenters. The van der Waals surface area contributed by atoms with Gasteiger partial charge in [-0.3, -0.25) is 9.78 Å². The molecule has 2 heterocycles. The van der Waals surface area contributed by atoms with Crippen molar-refractivity contribution in [2.24, 2.45) is 0 Å². The number of nitrogens with zero attached hydrogens (tertiary/aromatic N) is 1. The Labute approximate surface area is 155 Å². The molecular weight excluding hydrogens is 348 g/mol. The molecule has 2 aromatic heterocycles. The van der Waals surface area contributed by atoms with Gasteiger partial charge in [-0.15, -0.1) is 0 Å². The highest BCUT2D eigenvalue weighted by Gasteiger charge is 2.26. The van der Waals surface area contributed by atoms with Crippen LogP contribution in [-0.2, 0) is 16.1 Å². The van der Waals surface area contributed by atoms with E-state index in [0.29, 0.717) is 5.56 Å². The van der Waals surface area contributed by atoms with Gasteiger partial charge >= 0.3 is 5.97 Å². The fourth-order valence-corrected chi connectivity index (χ4v) is 2.40. The first kappa shape index (κ1) is 18.2. The first-order chi connectivity index (χ1) is 13.2. The van der Waals surface area contributed by atoms with Crippen molar-refractivity contribution in [3.05, 3.63) is 84.1 Å². The molecule has 7 nitrogen and oxygen atoms in total. The van der Waals surface area contributed by atoms with E-state index >= 15 is 0 Å². The minimum absolute atomic E-state index is 0.0250. The molecule has 138 valence electrons. The average Bonchev–Trinajstić information content (AvgIpc) is 3.26. The summed E-state index contributed by atoms with van der Waals surface area (Å²) in [5, 5.41) is 2.78. The number of amides is 1. The molecular formula is C20H18N2O5. The van der Waals surface area contributed by atoms with Crippen LogP contribution in [0, 0.1) is 0 Å². The molecule has 0 saturated carbocycles. The number of esters is 1. The maximum absolute atomic E-state index is 12.7. The van der Waals surface area contributed by atoms with E-state index in [0.717, 1.165) is 11.3 Å². The van der Waals surface area contributed by atoms with Crippen molar-refractivity contribution in [3.8, 4) is 5.75 Å². The molecule has 0 aliphatic rings. The van der Waals surface area contributed by atoms with Gasteiger partial charge in [0.1, 0.15) is 5.75 Å². The Bertz CT molecular complexity index is 877. The number of nitrogens with one attached hydrogen (secondary N) is 1. The van der Waals surface area contributed by atoms with Crippen LogP contribution in [-0.4, -0.2) is 24.0 Å². The predicted molar refractivity (Wildman–Crippen MR) is 95.9 cm³/mol. The molecule has 0 aliphatic heterocycles. The molecule has 0 spiro atoms. The second-order valence-electron chi connectivity index (χ2n) is 5.61. The van der Waals surface area contributed by atoms with Crippen LogP contribution in [0.25, 0.3) is 0 Å². The average molecular weight is 366 g/mol. The van der Waals surface area contributed by atoms with Crippen LogP contribution in [0.2, 0.25) is 0 Å². The number of rotatable bonds is 7. The van der Waals surface area contributed by atoms with Gasteiger partial charge in [-0.05, 0) is 42.0 Å². The predicted octanol–water partition coefficient (Wildman–Crippen LogP) is 2.90. The van der Waals surface area contributed by atoms with Gasteiger partial charge in [0.25, 0.3) is 5.91 Å². The van der Waals surface area contributed by atoms with Crippen LogP contribution in [0.4, 0.5) is 0 Å². The summed E-state index contributed by atoms with van der Waals surface area (Å²) in [5.41, 5.74) is 1.40. The Morgan fingerprint density at radius 2 is 1.85 bits per heavy atom. The Morgan fingerprint density at radius 3 is 2.48 bits per heavy atom. The summed E-state index contributed by atoms with van der Waals surface area (Å²) in [6.45, 7) is 0.280. The van der Waals surface area contributed by atoms with Gasteiger partial charge in [0.05, 0.1) is 13.4 Å². The fraction of sp³-hybridized carbons (Fsp3) is 0.150. The first-order valence-corrected chi connectivity index (χ1v) is 8.22. The van der Waals surface area contributed by atoms with Crippen LogP contribution >= 0.6 is 0 Å². The molecule has 3 aromatic rings. The highest BCUT2D eigenvalue weighted by atomic mass is 16.6. The summed E-state index contributed by atoms with van der Waals surface area (Å²) in [6, 6.07) is 13.6. The standard InChI is InChI=1S/C20H18N2O5/c1-25-16-6-4-14(5-7-16)13-22-19(23)18(15-8-10-21-11-9-15)27-20(24)17-3-2-12-26-17/h2-12,18H,13H2,1H3,(H,22,23).